The summed E-state index contributed by atoms with van der Waals surface area (Å²) in [5, 5.41) is 0. The molecule has 1 fully saturated rings. The number of benzene rings is 1. The molecule has 4 nitrogen and oxygen atoms in total. The number of Topliss-reactive ketones (excluding diaryl/α,β-unsaturated/α-hetero) is 1. The predicted molar refractivity (Wildman–Crippen MR) is 95.6 cm³/mol. The Morgan fingerprint density at radius 3 is 2.62 bits per heavy atom. The molecule has 0 N–H and O–H groups in total. The second-order valence-electron chi connectivity index (χ2n) is 6.76. The van der Waals surface area contributed by atoms with Crippen LogP contribution in [0.3, 0.4) is 0 Å². The van der Waals surface area contributed by atoms with Crippen molar-refractivity contribution in [2.75, 3.05) is 13.1 Å². The number of carbonyl (C=O) groups excluding carboxylic acids is 2. The van der Waals surface area contributed by atoms with Crippen LogP contribution in [0.15, 0.2) is 18.2 Å². The van der Waals surface area contributed by atoms with Crippen molar-refractivity contribution in [1.82, 2.24) is 4.90 Å². The van der Waals surface area contributed by atoms with Crippen LogP contribution >= 0.6 is 11.6 Å². The second-order valence-corrected chi connectivity index (χ2v) is 7.37. The van der Waals surface area contributed by atoms with E-state index in [0.29, 0.717) is 19.5 Å². The first-order valence-corrected chi connectivity index (χ1v) is 8.94. The molecule has 0 saturated carbocycles. The number of ketones is 1. The van der Waals surface area contributed by atoms with Crippen LogP contribution in [-0.2, 0) is 4.74 Å². The topological polar surface area (TPSA) is 46.6 Å². The molecule has 1 aromatic carbocycles. The van der Waals surface area contributed by atoms with Gasteiger partial charge in [0.25, 0.3) is 0 Å². The Balaban J connectivity index is 2.23. The summed E-state index contributed by atoms with van der Waals surface area (Å²) in [5.74, 6) is 0.127. The van der Waals surface area contributed by atoms with Gasteiger partial charge in [0.1, 0.15) is 0 Å². The number of aryl methyl sites for hydroxylation is 2. The molecule has 1 aliphatic heterocycles. The number of rotatable bonds is 5. The van der Waals surface area contributed by atoms with Crippen molar-refractivity contribution in [3.05, 3.63) is 34.9 Å². The van der Waals surface area contributed by atoms with E-state index < -0.39 is 17.1 Å². The summed E-state index contributed by atoms with van der Waals surface area (Å²) in [6, 6.07) is 5.83. The first kappa shape index (κ1) is 18.8. The molecule has 5 heteroatoms. The number of nitrogens with zero attached hydrogens (tertiary/aromatic N) is 1. The molecule has 1 saturated heterocycles. The lowest BCUT2D eigenvalue weighted by Crippen LogP contribution is -2.37. The van der Waals surface area contributed by atoms with E-state index in [2.05, 4.69) is 6.92 Å². The van der Waals surface area contributed by atoms with Crippen molar-refractivity contribution >= 4 is 23.5 Å². The maximum Gasteiger partial charge on any atom is 0.411 e. The molecule has 1 amide bonds. The molecule has 2 atom stereocenters. The van der Waals surface area contributed by atoms with E-state index in [1.165, 1.54) is 5.56 Å². The zero-order chi connectivity index (χ0) is 17.9. The van der Waals surface area contributed by atoms with Crippen LogP contribution in [0.4, 0.5) is 4.79 Å². The summed E-state index contributed by atoms with van der Waals surface area (Å²) in [6.07, 6.45) is 1.88. The maximum absolute atomic E-state index is 13.2. The van der Waals surface area contributed by atoms with Gasteiger partial charge in [-0.25, -0.2) is 4.79 Å². The molecule has 2 rings (SSSR count). The van der Waals surface area contributed by atoms with Gasteiger partial charge in [-0.1, -0.05) is 37.1 Å². The Morgan fingerprint density at radius 2 is 2.04 bits per heavy atom. The fraction of sp³-hybridized carbons (Fsp3) is 0.579. The van der Waals surface area contributed by atoms with E-state index in [1.807, 2.05) is 32.0 Å². The summed E-state index contributed by atoms with van der Waals surface area (Å²) in [5.41, 5.74) is 1.81. The minimum absolute atomic E-state index is 0.127. The quantitative estimate of drug-likeness (QED) is 0.570. The summed E-state index contributed by atoms with van der Waals surface area (Å²) in [7, 11) is 0. The molecule has 0 aromatic heterocycles. The van der Waals surface area contributed by atoms with Gasteiger partial charge in [0.05, 0.1) is 5.41 Å². The minimum atomic E-state index is -0.672. The normalized spacial score (nSPS) is 21.6. The number of hydrogen-bond acceptors (Lipinski definition) is 3. The number of ether oxygens (including phenoxy) is 1. The van der Waals surface area contributed by atoms with E-state index in [9.17, 15) is 9.59 Å². The number of halogens is 1. The molecule has 0 radical (unpaired) electrons. The SMILES string of the molecule is CCCC1(C(=O)c2ccc(C)c(C)c2)CCN(C(=O)OC(C)Cl)C1. The lowest BCUT2D eigenvalue weighted by Gasteiger charge is -2.28. The van der Waals surface area contributed by atoms with Crippen LogP contribution in [0.1, 0.15) is 54.6 Å². The largest absolute Gasteiger partial charge is 0.430 e. The summed E-state index contributed by atoms with van der Waals surface area (Å²) in [6.45, 7) is 8.64. The van der Waals surface area contributed by atoms with Crippen molar-refractivity contribution < 1.29 is 14.3 Å². The third-order valence-corrected chi connectivity index (χ3v) is 4.94. The smallest absolute Gasteiger partial charge is 0.411 e. The number of alkyl halides is 1. The lowest BCUT2D eigenvalue weighted by molar-refractivity contribution is 0.0756. The van der Waals surface area contributed by atoms with E-state index in [1.54, 1.807) is 11.8 Å². The number of hydrogen-bond donors (Lipinski definition) is 0. The fourth-order valence-electron chi connectivity index (χ4n) is 3.41. The standard InChI is InChI=1S/C19H26ClNO3/c1-5-8-19(9-10-21(12-19)18(23)24-15(4)20)17(22)16-7-6-13(2)14(3)11-16/h6-7,11,15H,5,8-10,12H2,1-4H3. The molecule has 2 unspecified atom stereocenters. The van der Waals surface area contributed by atoms with Crippen LogP contribution in [0.25, 0.3) is 0 Å². The van der Waals surface area contributed by atoms with Crippen LogP contribution < -0.4 is 0 Å². The average Bonchev–Trinajstić information content (AvgIpc) is 2.94. The highest BCUT2D eigenvalue weighted by atomic mass is 35.5. The van der Waals surface area contributed by atoms with E-state index >= 15 is 0 Å². The third-order valence-electron chi connectivity index (χ3n) is 4.85. The highest BCUT2D eigenvalue weighted by Gasteiger charge is 2.45. The first-order valence-electron chi connectivity index (χ1n) is 8.51. The predicted octanol–water partition coefficient (Wildman–Crippen LogP) is 4.70. The van der Waals surface area contributed by atoms with Gasteiger partial charge in [0, 0.05) is 18.7 Å². The average molecular weight is 352 g/mol. The fourth-order valence-corrected chi connectivity index (χ4v) is 3.49. The van der Waals surface area contributed by atoms with Gasteiger partial charge in [-0.2, -0.15) is 0 Å². The summed E-state index contributed by atoms with van der Waals surface area (Å²) in [4.78, 5) is 26.9. The first-order chi connectivity index (χ1) is 11.3. The molecule has 1 aliphatic rings. The van der Waals surface area contributed by atoms with Crippen LogP contribution in [0, 0.1) is 19.3 Å². The van der Waals surface area contributed by atoms with Crippen LogP contribution in [0.2, 0.25) is 0 Å². The van der Waals surface area contributed by atoms with Crippen LogP contribution in [-0.4, -0.2) is 35.4 Å². The molecule has 24 heavy (non-hydrogen) atoms. The van der Waals surface area contributed by atoms with Gasteiger partial charge in [-0.05, 0) is 50.8 Å². The summed E-state index contributed by atoms with van der Waals surface area (Å²) < 4.78 is 5.07. The van der Waals surface area contributed by atoms with Crippen molar-refractivity contribution in [2.24, 2.45) is 5.41 Å². The van der Waals surface area contributed by atoms with Crippen LogP contribution in [0.5, 0.6) is 0 Å². The molecule has 0 spiro atoms. The van der Waals surface area contributed by atoms with Crippen molar-refractivity contribution in [3.8, 4) is 0 Å². The van der Waals surface area contributed by atoms with E-state index in [4.69, 9.17) is 16.3 Å². The third kappa shape index (κ3) is 3.92. The molecule has 1 aromatic rings. The summed E-state index contributed by atoms with van der Waals surface area (Å²) >= 11 is 5.74. The number of likely N-dealkylation sites (tertiary alicyclic amines) is 1. The Bertz CT molecular complexity index is 629. The van der Waals surface area contributed by atoms with Gasteiger partial charge in [-0.15, -0.1) is 0 Å². The Hall–Kier alpha value is -1.55. The molecular formula is C19H26ClNO3. The van der Waals surface area contributed by atoms with Gasteiger partial charge in [0.15, 0.2) is 11.3 Å². The highest BCUT2D eigenvalue weighted by Crippen LogP contribution is 2.39. The van der Waals surface area contributed by atoms with E-state index in [0.717, 1.165) is 24.0 Å². The van der Waals surface area contributed by atoms with Crippen molar-refractivity contribution in [3.63, 3.8) is 0 Å². The Labute approximate surface area is 149 Å². The number of amides is 1. The van der Waals surface area contributed by atoms with Gasteiger partial charge in [-0.3, -0.25) is 4.79 Å². The number of carbonyl (C=O) groups is 2. The minimum Gasteiger partial charge on any atom is -0.430 e. The Morgan fingerprint density at radius 1 is 1.33 bits per heavy atom. The van der Waals surface area contributed by atoms with Gasteiger partial charge >= 0.3 is 6.09 Å². The highest BCUT2D eigenvalue weighted by molar-refractivity contribution is 6.19. The molecule has 1 heterocycles. The van der Waals surface area contributed by atoms with E-state index in [-0.39, 0.29) is 5.78 Å². The maximum atomic E-state index is 13.2. The lowest BCUT2D eigenvalue weighted by atomic mass is 9.75. The monoisotopic (exact) mass is 351 g/mol. The van der Waals surface area contributed by atoms with Gasteiger partial charge in [0.2, 0.25) is 0 Å². The molecule has 0 aliphatic carbocycles. The Kier molecular flexibility index (Phi) is 5.92. The molecule has 132 valence electrons. The molecular weight excluding hydrogens is 326 g/mol. The second kappa shape index (κ2) is 7.56. The van der Waals surface area contributed by atoms with Crippen molar-refractivity contribution in [2.45, 2.75) is 52.5 Å². The zero-order valence-electron chi connectivity index (χ0n) is 14.9. The van der Waals surface area contributed by atoms with Gasteiger partial charge < -0.3 is 9.64 Å². The van der Waals surface area contributed by atoms with Crippen molar-refractivity contribution in [1.29, 1.82) is 0 Å². The zero-order valence-corrected chi connectivity index (χ0v) is 15.7. The molecule has 0 bridgehead atoms.